The fourth-order valence-electron chi connectivity index (χ4n) is 1.11. The van der Waals surface area contributed by atoms with Crippen molar-refractivity contribution in [3.05, 3.63) is 29.6 Å². The molecular formula is C10H15BrN2. The molecule has 72 valence electrons. The highest BCUT2D eigenvalue weighted by Gasteiger charge is 1.93. The summed E-state index contributed by atoms with van der Waals surface area (Å²) < 4.78 is 0. The number of aryl methyl sites for hydroxylation is 1. The summed E-state index contributed by atoms with van der Waals surface area (Å²) in [5.74, 6) is 0. The van der Waals surface area contributed by atoms with E-state index in [-0.39, 0.29) is 0 Å². The van der Waals surface area contributed by atoms with Crippen LogP contribution in [0.15, 0.2) is 18.2 Å². The molecule has 1 aromatic rings. The number of halogens is 1. The van der Waals surface area contributed by atoms with Crippen molar-refractivity contribution in [2.24, 2.45) is 0 Å². The Hall–Kier alpha value is -0.410. The van der Waals surface area contributed by atoms with E-state index in [1.165, 1.54) is 0 Å². The minimum atomic E-state index is 0.870. The molecule has 0 unspecified atom stereocenters. The maximum Gasteiger partial charge on any atom is 0.0544 e. The summed E-state index contributed by atoms with van der Waals surface area (Å²) in [5, 5.41) is 4.39. The van der Waals surface area contributed by atoms with Crippen molar-refractivity contribution in [3.63, 3.8) is 0 Å². The maximum atomic E-state index is 4.40. The number of alkyl halides is 1. The first-order valence-electron chi connectivity index (χ1n) is 4.52. The molecule has 1 N–H and O–H groups in total. The van der Waals surface area contributed by atoms with Crippen molar-refractivity contribution in [3.8, 4) is 0 Å². The van der Waals surface area contributed by atoms with Gasteiger partial charge in [0.1, 0.15) is 0 Å². The van der Waals surface area contributed by atoms with Gasteiger partial charge in [0.2, 0.25) is 0 Å². The molecule has 0 radical (unpaired) electrons. The number of pyridine rings is 1. The summed E-state index contributed by atoms with van der Waals surface area (Å²) in [6.07, 6.45) is 1.16. The standard InChI is InChI=1S/C10H15BrN2/c1-9-4-2-5-10(13-9)8-12-7-3-6-11/h2,4-5,12H,3,6-8H2,1H3. The van der Waals surface area contributed by atoms with Gasteiger partial charge in [-0.3, -0.25) is 4.98 Å². The van der Waals surface area contributed by atoms with Crippen LogP contribution >= 0.6 is 15.9 Å². The third-order valence-corrected chi connectivity index (χ3v) is 2.30. The number of nitrogens with zero attached hydrogens (tertiary/aromatic N) is 1. The lowest BCUT2D eigenvalue weighted by molar-refractivity contribution is 0.667. The largest absolute Gasteiger partial charge is 0.311 e. The van der Waals surface area contributed by atoms with Crippen molar-refractivity contribution >= 4 is 15.9 Å². The highest BCUT2D eigenvalue weighted by Crippen LogP contribution is 1.97. The molecule has 1 rings (SSSR count). The summed E-state index contributed by atoms with van der Waals surface area (Å²) in [6.45, 7) is 3.93. The van der Waals surface area contributed by atoms with E-state index in [0.717, 1.165) is 36.2 Å². The average molecular weight is 243 g/mol. The van der Waals surface area contributed by atoms with Crippen LogP contribution in [-0.4, -0.2) is 16.9 Å². The molecule has 0 saturated heterocycles. The summed E-state index contributed by atoms with van der Waals surface area (Å²) in [4.78, 5) is 4.40. The number of aromatic nitrogens is 1. The SMILES string of the molecule is Cc1cccc(CNCCCBr)n1. The van der Waals surface area contributed by atoms with E-state index >= 15 is 0 Å². The molecule has 0 aliphatic carbocycles. The molecule has 3 heteroatoms. The van der Waals surface area contributed by atoms with Crippen LogP contribution in [0.1, 0.15) is 17.8 Å². The van der Waals surface area contributed by atoms with Crippen LogP contribution in [0.3, 0.4) is 0 Å². The quantitative estimate of drug-likeness (QED) is 0.633. The molecule has 1 aromatic heterocycles. The lowest BCUT2D eigenvalue weighted by Gasteiger charge is -2.03. The van der Waals surface area contributed by atoms with Gasteiger partial charge in [-0.05, 0) is 32.0 Å². The Balaban J connectivity index is 2.28. The zero-order valence-corrected chi connectivity index (χ0v) is 9.47. The van der Waals surface area contributed by atoms with Crippen LogP contribution in [0.2, 0.25) is 0 Å². The van der Waals surface area contributed by atoms with E-state index in [1.54, 1.807) is 0 Å². The van der Waals surface area contributed by atoms with Gasteiger partial charge in [0.25, 0.3) is 0 Å². The summed E-state index contributed by atoms with van der Waals surface area (Å²) in [5.41, 5.74) is 2.20. The zero-order chi connectivity index (χ0) is 9.52. The lowest BCUT2D eigenvalue weighted by atomic mass is 10.3. The monoisotopic (exact) mass is 242 g/mol. The van der Waals surface area contributed by atoms with E-state index < -0.39 is 0 Å². The second-order valence-corrected chi connectivity index (χ2v) is 3.78. The van der Waals surface area contributed by atoms with E-state index in [2.05, 4.69) is 26.2 Å². The minimum Gasteiger partial charge on any atom is -0.311 e. The topological polar surface area (TPSA) is 24.9 Å². The molecule has 0 aromatic carbocycles. The second kappa shape index (κ2) is 6.11. The van der Waals surface area contributed by atoms with Crippen molar-refractivity contribution < 1.29 is 0 Å². The van der Waals surface area contributed by atoms with Gasteiger partial charge in [-0.25, -0.2) is 0 Å². The van der Waals surface area contributed by atoms with Crippen molar-refractivity contribution in [2.45, 2.75) is 19.9 Å². The molecule has 0 amide bonds. The highest BCUT2D eigenvalue weighted by atomic mass is 79.9. The first kappa shape index (κ1) is 10.7. The second-order valence-electron chi connectivity index (χ2n) is 2.99. The van der Waals surface area contributed by atoms with Crippen molar-refractivity contribution in [1.29, 1.82) is 0 Å². The molecule has 0 fully saturated rings. The fraction of sp³-hybridized carbons (Fsp3) is 0.500. The first-order chi connectivity index (χ1) is 6.33. The molecule has 0 atom stereocenters. The molecular weight excluding hydrogens is 228 g/mol. The summed E-state index contributed by atoms with van der Waals surface area (Å²) >= 11 is 3.39. The van der Waals surface area contributed by atoms with Gasteiger partial charge in [0.05, 0.1) is 5.69 Å². The Morgan fingerprint density at radius 3 is 3.00 bits per heavy atom. The number of hydrogen-bond donors (Lipinski definition) is 1. The molecule has 1 heterocycles. The smallest absolute Gasteiger partial charge is 0.0544 e. The lowest BCUT2D eigenvalue weighted by Crippen LogP contribution is -2.15. The van der Waals surface area contributed by atoms with Gasteiger partial charge in [0.15, 0.2) is 0 Å². The third-order valence-electron chi connectivity index (χ3n) is 1.74. The van der Waals surface area contributed by atoms with Crippen LogP contribution in [0.5, 0.6) is 0 Å². The summed E-state index contributed by atoms with van der Waals surface area (Å²) in [6, 6.07) is 6.11. The van der Waals surface area contributed by atoms with Gasteiger partial charge >= 0.3 is 0 Å². The fourth-order valence-corrected chi connectivity index (χ4v) is 1.39. The number of rotatable bonds is 5. The average Bonchev–Trinajstić information content (AvgIpc) is 2.13. The Morgan fingerprint density at radius 1 is 1.46 bits per heavy atom. The van der Waals surface area contributed by atoms with Gasteiger partial charge in [-0.1, -0.05) is 22.0 Å². The highest BCUT2D eigenvalue weighted by molar-refractivity contribution is 9.09. The molecule has 0 saturated carbocycles. The van der Waals surface area contributed by atoms with Gasteiger partial charge in [-0.15, -0.1) is 0 Å². The zero-order valence-electron chi connectivity index (χ0n) is 7.89. The van der Waals surface area contributed by atoms with Crippen molar-refractivity contribution in [1.82, 2.24) is 10.3 Å². The third kappa shape index (κ3) is 4.39. The Labute approximate surface area is 87.9 Å². The Kier molecular flexibility index (Phi) is 5.01. The predicted octanol–water partition coefficient (Wildman–Crippen LogP) is 2.26. The molecule has 0 aliphatic rings. The van der Waals surface area contributed by atoms with Gasteiger partial charge in [0, 0.05) is 17.6 Å². The number of nitrogens with one attached hydrogen (secondary N) is 1. The van der Waals surface area contributed by atoms with E-state index in [1.807, 2.05) is 25.1 Å². The maximum absolute atomic E-state index is 4.40. The molecule has 0 aliphatic heterocycles. The van der Waals surface area contributed by atoms with Crippen LogP contribution in [0.4, 0.5) is 0 Å². The predicted molar refractivity (Wildman–Crippen MR) is 59.1 cm³/mol. The Bertz CT molecular complexity index is 250. The van der Waals surface area contributed by atoms with Crippen LogP contribution in [0.25, 0.3) is 0 Å². The molecule has 0 bridgehead atoms. The molecule has 13 heavy (non-hydrogen) atoms. The van der Waals surface area contributed by atoms with E-state index in [9.17, 15) is 0 Å². The van der Waals surface area contributed by atoms with E-state index in [0.29, 0.717) is 0 Å². The van der Waals surface area contributed by atoms with Crippen molar-refractivity contribution in [2.75, 3.05) is 11.9 Å². The van der Waals surface area contributed by atoms with Gasteiger partial charge < -0.3 is 5.32 Å². The Morgan fingerprint density at radius 2 is 2.31 bits per heavy atom. The first-order valence-corrected chi connectivity index (χ1v) is 5.64. The van der Waals surface area contributed by atoms with Crippen LogP contribution in [0, 0.1) is 6.92 Å². The van der Waals surface area contributed by atoms with E-state index in [4.69, 9.17) is 0 Å². The summed E-state index contributed by atoms with van der Waals surface area (Å²) in [7, 11) is 0. The molecule has 2 nitrogen and oxygen atoms in total. The van der Waals surface area contributed by atoms with Crippen LogP contribution < -0.4 is 5.32 Å². The van der Waals surface area contributed by atoms with Gasteiger partial charge in [-0.2, -0.15) is 0 Å². The normalized spacial score (nSPS) is 10.3. The van der Waals surface area contributed by atoms with Crippen LogP contribution in [-0.2, 0) is 6.54 Å². The minimum absolute atomic E-state index is 0.870. The molecule has 0 spiro atoms. The number of hydrogen-bond acceptors (Lipinski definition) is 2.